The highest BCUT2D eigenvalue weighted by Crippen LogP contribution is 2.28. The van der Waals surface area contributed by atoms with E-state index >= 15 is 0 Å². The van der Waals surface area contributed by atoms with Crippen LogP contribution in [0.5, 0.6) is 0 Å². The molecule has 8 heteroatoms. The van der Waals surface area contributed by atoms with Crippen LogP contribution >= 0.6 is 0 Å². The van der Waals surface area contributed by atoms with Gasteiger partial charge < -0.3 is 10.6 Å². The molecule has 1 saturated heterocycles. The third-order valence-electron chi connectivity index (χ3n) is 4.51. The van der Waals surface area contributed by atoms with Crippen molar-refractivity contribution in [2.75, 3.05) is 46.8 Å². The summed E-state index contributed by atoms with van der Waals surface area (Å²) in [5.41, 5.74) is 5.30. The van der Waals surface area contributed by atoms with Gasteiger partial charge in [0, 0.05) is 46.8 Å². The molecule has 2 N–H and O–H groups in total. The Morgan fingerprint density at radius 2 is 1.62 bits per heavy atom. The first-order valence-electron chi connectivity index (χ1n) is 7.42. The number of nitrogens with two attached hydrogens (primary N) is 1. The lowest BCUT2D eigenvalue weighted by molar-refractivity contribution is -0.143. The van der Waals surface area contributed by atoms with Crippen molar-refractivity contribution in [1.29, 1.82) is 0 Å². The van der Waals surface area contributed by atoms with Crippen molar-refractivity contribution in [3.05, 3.63) is 0 Å². The van der Waals surface area contributed by atoms with Crippen molar-refractivity contribution in [1.82, 2.24) is 13.5 Å². The van der Waals surface area contributed by atoms with Crippen molar-refractivity contribution in [3.8, 4) is 0 Å². The van der Waals surface area contributed by atoms with Gasteiger partial charge in [-0.3, -0.25) is 4.79 Å². The monoisotopic (exact) mass is 320 g/mol. The van der Waals surface area contributed by atoms with Gasteiger partial charge in [-0.2, -0.15) is 17.0 Å². The van der Waals surface area contributed by atoms with Crippen LogP contribution in [0.4, 0.5) is 0 Å². The summed E-state index contributed by atoms with van der Waals surface area (Å²) in [5, 5.41) is 0. The van der Waals surface area contributed by atoms with E-state index in [0.717, 1.165) is 0 Å². The lowest BCUT2D eigenvalue weighted by Crippen LogP contribution is -2.56. The van der Waals surface area contributed by atoms with Crippen molar-refractivity contribution in [3.63, 3.8) is 0 Å². The van der Waals surface area contributed by atoms with Crippen molar-refractivity contribution < 1.29 is 13.2 Å². The number of carbonyl (C=O) groups is 1. The van der Waals surface area contributed by atoms with E-state index in [1.165, 1.54) is 22.7 Å². The fourth-order valence-electron chi connectivity index (χ4n) is 2.62. The number of rotatable bonds is 6. The molecule has 124 valence electrons. The van der Waals surface area contributed by atoms with E-state index in [1.807, 2.05) is 13.8 Å². The van der Waals surface area contributed by atoms with Gasteiger partial charge in [0.05, 0.1) is 5.41 Å². The number of piperazine rings is 1. The van der Waals surface area contributed by atoms with Gasteiger partial charge in [-0.05, 0) is 12.8 Å². The highest BCUT2D eigenvalue weighted by molar-refractivity contribution is 7.86. The van der Waals surface area contributed by atoms with E-state index < -0.39 is 15.6 Å². The van der Waals surface area contributed by atoms with Crippen molar-refractivity contribution >= 4 is 16.1 Å². The summed E-state index contributed by atoms with van der Waals surface area (Å²) in [7, 11) is -0.369. The van der Waals surface area contributed by atoms with Gasteiger partial charge >= 0.3 is 0 Å². The van der Waals surface area contributed by atoms with Crippen LogP contribution in [0.15, 0.2) is 0 Å². The molecule has 0 aromatic heterocycles. The number of hydrogen-bond donors (Lipinski definition) is 1. The van der Waals surface area contributed by atoms with Crippen LogP contribution < -0.4 is 5.73 Å². The average Bonchev–Trinajstić information content (AvgIpc) is 2.49. The number of amides is 1. The minimum Gasteiger partial charge on any atom is -0.340 e. The van der Waals surface area contributed by atoms with Gasteiger partial charge in [-0.15, -0.1) is 0 Å². The van der Waals surface area contributed by atoms with Crippen LogP contribution in [0, 0.1) is 5.41 Å². The molecule has 1 fully saturated rings. The summed E-state index contributed by atoms with van der Waals surface area (Å²) in [6.45, 7) is 5.79. The Balaban J connectivity index is 2.75. The smallest absolute Gasteiger partial charge is 0.281 e. The lowest BCUT2D eigenvalue weighted by atomic mass is 9.81. The van der Waals surface area contributed by atoms with Gasteiger partial charge in [-0.1, -0.05) is 13.8 Å². The Labute approximate surface area is 128 Å². The second-order valence-electron chi connectivity index (χ2n) is 5.67. The summed E-state index contributed by atoms with van der Waals surface area (Å²) in [6.07, 6.45) is 1.41. The molecule has 1 rings (SSSR count). The van der Waals surface area contributed by atoms with Gasteiger partial charge in [0.2, 0.25) is 5.91 Å². The molecular formula is C13H28N4O3S. The maximum Gasteiger partial charge on any atom is 0.281 e. The molecule has 0 radical (unpaired) electrons. The van der Waals surface area contributed by atoms with Crippen LogP contribution in [0.25, 0.3) is 0 Å². The standard InChI is InChI=1S/C13H28N4O3S/c1-5-13(6-2,11-14)12(18)16-7-9-17(10-8-16)21(19,20)15(3)4/h5-11,14H2,1-4H3. The molecular weight excluding hydrogens is 292 g/mol. The molecule has 0 bridgehead atoms. The first-order chi connectivity index (χ1) is 9.75. The predicted molar refractivity (Wildman–Crippen MR) is 82.8 cm³/mol. The molecule has 0 aromatic carbocycles. The molecule has 0 atom stereocenters. The van der Waals surface area contributed by atoms with E-state index in [2.05, 4.69) is 0 Å². The number of nitrogens with zero attached hydrogens (tertiary/aromatic N) is 3. The van der Waals surface area contributed by atoms with Gasteiger partial charge in [0.25, 0.3) is 10.2 Å². The normalized spacial score (nSPS) is 18.3. The molecule has 0 aliphatic carbocycles. The summed E-state index contributed by atoms with van der Waals surface area (Å²) in [6, 6.07) is 0. The topological polar surface area (TPSA) is 87.0 Å². The van der Waals surface area contributed by atoms with E-state index in [9.17, 15) is 13.2 Å². The Morgan fingerprint density at radius 3 is 1.95 bits per heavy atom. The van der Waals surface area contributed by atoms with Gasteiger partial charge in [0.15, 0.2) is 0 Å². The summed E-state index contributed by atoms with van der Waals surface area (Å²) < 4.78 is 26.7. The van der Waals surface area contributed by atoms with Crippen LogP contribution in [0.1, 0.15) is 26.7 Å². The Morgan fingerprint density at radius 1 is 1.14 bits per heavy atom. The minimum absolute atomic E-state index is 0.0527. The van der Waals surface area contributed by atoms with Crippen LogP contribution in [-0.4, -0.2) is 74.7 Å². The fraction of sp³-hybridized carbons (Fsp3) is 0.923. The molecule has 0 saturated carbocycles. The highest BCUT2D eigenvalue weighted by atomic mass is 32.2. The number of hydrogen-bond acceptors (Lipinski definition) is 4. The van der Waals surface area contributed by atoms with Crippen LogP contribution in [0.3, 0.4) is 0 Å². The maximum atomic E-state index is 12.7. The highest BCUT2D eigenvalue weighted by Gasteiger charge is 2.39. The molecule has 1 aliphatic rings. The zero-order valence-corrected chi connectivity index (χ0v) is 14.3. The van der Waals surface area contributed by atoms with Crippen molar-refractivity contribution in [2.24, 2.45) is 11.1 Å². The molecule has 21 heavy (non-hydrogen) atoms. The molecule has 0 spiro atoms. The van der Waals surface area contributed by atoms with E-state index in [1.54, 1.807) is 4.90 Å². The molecule has 0 aromatic rings. The van der Waals surface area contributed by atoms with E-state index in [-0.39, 0.29) is 5.91 Å². The number of carbonyl (C=O) groups excluding carboxylic acids is 1. The van der Waals surface area contributed by atoms with Gasteiger partial charge in [0.1, 0.15) is 0 Å². The maximum absolute atomic E-state index is 12.7. The first-order valence-corrected chi connectivity index (χ1v) is 8.82. The third kappa shape index (κ3) is 3.56. The fourth-order valence-corrected chi connectivity index (χ4v) is 3.70. The summed E-state index contributed by atoms with van der Waals surface area (Å²) in [4.78, 5) is 14.4. The zero-order chi connectivity index (χ0) is 16.3. The van der Waals surface area contributed by atoms with Gasteiger partial charge in [-0.25, -0.2) is 0 Å². The Kier molecular flexibility index (Phi) is 6.15. The Hall–Kier alpha value is -0.700. The minimum atomic E-state index is -3.40. The molecule has 1 heterocycles. The quantitative estimate of drug-likeness (QED) is 0.728. The lowest BCUT2D eigenvalue weighted by Gasteiger charge is -2.40. The molecule has 1 aliphatic heterocycles. The summed E-state index contributed by atoms with van der Waals surface area (Å²) >= 11 is 0. The first kappa shape index (κ1) is 18.3. The van der Waals surface area contributed by atoms with E-state index in [0.29, 0.717) is 45.6 Å². The molecule has 7 nitrogen and oxygen atoms in total. The SMILES string of the molecule is CCC(CC)(CN)C(=O)N1CCN(S(=O)(=O)N(C)C)CC1. The molecule has 1 amide bonds. The van der Waals surface area contributed by atoms with Crippen LogP contribution in [-0.2, 0) is 15.0 Å². The van der Waals surface area contributed by atoms with Crippen LogP contribution in [0.2, 0.25) is 0 Å². The van der Waals surface area contributed by atoms with Crippen molar-refractivity contribution in [2.45, 2.75) is 26.7 Å². The largest absolute Gasteiger partial charge is 0.340 e. The third-order valence-corrected chi connectivity index (χ3v) is 6.45. The van der Waals surface area contributed by atoms with E-state index in [4.69, 9.17) is 5.73 Å². The second kappa shape index (κ2) is 7.04. The Bertz CT molecular complexity index is 444. The predicted octanol–water partition coefficient (Wildman–Crippen LogP) is -0.298. The summed E-state index contributed by atoms with van der Waals surface area (Å²) in [5.74, 6) is 0.0527. The zero-order valence-electron chi connectivity index (χ0n) is 13.5. The average molecular weight is 320 g/mol. The molecule has 0 unspecified atom stereocenters. The second-order valence-corrected chi connectivity index (χ2v) is 7.82.